The molecule has 0 saturated heterocycles. The average molecular weight is 602 g/mol. The minimum atomic E-state index is -1.75. The largest absolute Gasteiger partial charge is 3.00 e. The first-order valence-electron chi connectivity index (χ1n) is 12.6. The van der Waals surface area contributed by atoms with Crippen molar-refractivity contribution in [3.63, 3.8) is 0 Å². The van der Waals surface area contributed by atoms with Gasteiger partial charge in [0, 0.05) is 26.6 Å². The molecule has 216 valence electrons. The number of fused-ring (bicyclic) bond motifs is 2. The van der Waals surface area contributed by atoms with Gasteiger partial charge in [-0.25, -0.2) is 0 Å². The van der Waals surface area contributed by atoms with Crippen LogP contribution in [0.15, 0.2) is 82.8 Å². The molecule has 0 aromatic heterocycles. The number of nitrogens with zero attached hydrogens (tertiary/aromatic N) is 3. The third-order valence-corrected chi connectivity index (χ3v) is 6.35. The Labute approximate surface area is 248 Å². The number of benzene rings is 4. The maximum Gasteiger partial charge on any atom is 3.00 e. The predicted octanol–water partition coefficient (Wildman–Crippen LogP) is 3.96. The van der Waals surface area contributed by atoms with Gasteiger partial charge < -0.3 is 35.7 Å². The van der Waals surface area contributed by atoms with Crippen LogP contribution < -0.4 is 10.2 Å². The fraction of sp³-hybridized carbons (Fsp3) is 0.267. The van der Waals surface area contributed by atoms with Crippen molar-refractivity contribution < 1.29 is 42.6 Å². The molecule has 5 rings (SSSR count). The molecule has 0 unspecified atom stereocenters. The summed E-state index contributed by atoms with van der Waals surface area (Å²) in [4.78, 5) is 17.9. The van der Waals surface area contributed by atoms with E-state index in [0.29, 0.717) is 11.1 Å². The Bertz CT molecular complexity index is 1340. The molecule has 1 aliphatic rings. The van der Waals surface area contributed by atoms with Gasteiger partial charge in [0.1, 0.15) is 0 Å². The van der Waals surface area contributed by atoms with E-state index >= 15 is 0 Å². The van der Waals surface area contributed by atoms with Gasteiger partial charge >= 0.3 is 17.1 Å². The van der Waals surface area contributed by atoms with E-state index in [-0.39, 0.29) is 40.7 Å². The van der Waals surface area contributed by atoms with Gasteiger partial charge in [0.25, 0.3) is 0 Å². The topological polar surface area (TPSA) is 178 Å². The molecule has 4 aromatic carbocycles. The first-order chi connectivity index (χ1) is 19.4. The molecular weight excluding hydrogens is 569 g/mol. The SMILES string of the molecule is CO.CO.O=[N+]([O-])[O-].[Mn+3].[O-]c1ccc2ccccc2c1C=N[C@@H]1CCCC[C@H]1N=Cc1c([O-])ccc2ccccc12. The van der Waals surface area contributed by atoms with E-state index in [0.717, 1.165) is 61.4 Å². The molecule has 10 nitrogen and oxygen atoms in total. The van der Waals surface area contributed by atoms with Gasteiger partial charge in [-0.15, -0.1) is 0 Å². The maximum absolute atomic E-state index is 12.5. The Balaban J connectivity index is 0.000000847. The van der Waals surface area contributed by atoms with Gasteiger partial charge in [-0.1, -0.05) is 97.1 Å². The second-order valence-electron chi connectivity index (χ2n) is 8.60. The molecule has 4 aromatic rings. The van der Waals surface area contributed by atoms with Crippen molar-refractivity contribution in [2.75, 3.05) is 14.2 Å². The number of aliphatic hydroxyl groups excluding tert-OH is 2. The second-order valence-corrected chi connectivity index (χ2v) is 8.60. The van der Waals surface area contributed by atoms with Gasteiger partial charge in [0.2, 0.25) is 0 Å². The van der Waals surface area contributed by atoms with E-state index in [1.807, 2.05) is 60.7 Å². The summed E-state index contributed by atoms with van der Waals surface area (Å²) < 4.78 is 0. The number of hydrogen-bond donors (Lipinski definition) is 2. The third-order valence-electron chi connectivity index (χ3n) is 6.35. The van der Waals surface area contributed by atoms with Crippen LogP contribution in [-0.2, 0) is 17.1 Å². The van der Waals surface area contributed by atoms with Crippen molar-refractivity contribution in [3.8, 4) is 11.5 Å². The van der Waals surface area contributed by atoms with Crippen molar-refractivity contribution in [2.24, 2.45) is 9.98 Å². The normalized spacial score (nSPS) is 16.0. The molecule has 2 atom stereocenters. The van der Waals surface area contributed by atoms with Crippen LogP contribution in [0.25, 0.3) is 21.5 Å². The third kappa shape index (κ3) is 9.84. The van der Waals surface area contributed by atoms with Crippen molar-refractivity contribution >= 4 is 34.0 Å². The molecule has 0 bridgehead atoms. The molecule has 2 N–H and O–H groups in total. The standard InChI is InChI=1S/C28H26N2O2.2CH4O.Mn.NO3/c31-27-15-13-19-7-1-3-9-21(19)23(27)17-29-25-11-5-6-12-26(25)30-18-24-22-10-4-2-8-20(22)14-16-28(24)32;2*1-2;;2-1(3)4/h1-4,7-10,13-18,25-26,31-32H,5-6,11-12H2;2*2H,1H3;;/q;;;+3;-1/p-2/t25-,26-;;;;/m1..../s1. The predicted molar refractivity (Wildman–Crippen MR) is 155 cm³/mol. The Morgan fingerprint density at radius 3 is 1.39 bits per heavy atom. The molecular formula is C30H32MnN3O7. The summed E-state index contributed by atoms with van der Waals surface area (Å²) in [6.45, 7) is 0. The fourth-order valence-corrected chi connectivity index (χ4v) is 4.60. The first kappa shape index (κ1) is 35.0. The van der Waals surface area contributed by atoms with E-state index in [4.69, 9.17) is 35.5 Å². The number of rotatable bonds is 4. The fourth-order valence-electron chi connectivity index (χ4n) is 4.60. The Hall–Kier alpha value is -4.02. The Morgan fingerprint density at radius 1 is 0.683 bits per heavy atom. The monoisotopic (exact) mass is 601 g/mol. The zero-order valence-electron chi connectivity index (χ0n) is 22.7. The van der Waals surface area contributed by atoms with Crippen LogP contribution in [0.2, 0.25) is 0 Å². The van der Waals surface area contributed by atoms with Gasteiger partial charge in [-0.05, 0) is 45.5 Å². The molecule has 0 radical (unpaired) electrons. The van der Waals surface area contributed by atoms with E-state index in [9.17, 15) is 10.2 Å². The molecule has 1 aliphatic carbocycles. The first-order valence-corrected chi connectivity index (χ1v) is 12.6. The molecule has 41 heavy (non-hydrogen) atoms. The summed E-state index contributed by atoms with van der Waals surface area (Å²) in [6.07, 6.45) is 7.51. The average Bonchev–Trinajstić information content (AvgIpc) is 2.98. The zero-order chi connectivity index (χ0) is 29.5. The molecule has 1 fully saturated rings. The molecule has 0 heterocycles. The van der Waals surface area contributed by atoms with Gasteiger partial charge in [-0.2, -0.15) is 0 Å². The van der Waals surface area contributed by atoms with E-state index in [1.165, 1.54) is 0 Å². The molecule has 1 saturated carbocycles. The van der Waals surface area contributed by atoms with Crippen LogP contribution >= 0.6 is 0 Å². The quantitative estimate of drug-likeness (QED) is 0.154. The smallest absolute Gasteiger partial charge is 0.872 e. The summed E-state index contributed by atoms with van der Waals surface area (Å²) in [7, 11) is 2.00. The van der Waals surface area contributed by atoms with Crippen molar-refractivity contribution in [3.05, 3.63) is 99.2 Å². The van der Waals surface area contributed by atoms with Gasteiger partial charge in [-0.3, -0.25) is 9.98 Å². The summed E-state index contributed by atoms with van der Waals surface area (Å²) in [5, 5.41) is 57.7. The number of hydrogen-bond acceptors (Lipinski definition) is 9. The minimum Gasteiger partial charge on any atom is -0.872 e. The van der Waals surface area contributed by atoms with Crippen LogP contribution in [0.1, 0.15) is 36.8 Å². The molecule has 0 spiro atoms. The minimum absolute atomic E-state index is 0. The summed E-state index contributed by atoms with van der Waals surface area (Å²) in [6, 6.07) is 22.7. The summed E-state index contributed by atoms with van der Waals surface area (Å²) >= 11 is 0. The van der Waals surface area contributed by atoms with E-state index in [2.05, 4.69) is 0 Å². The van der Waals surface area contributed by atoms with Crippen molar-refractivity contribution in [2.45, 2.75) is 37.8 Å². The molecule has 0 aliphatic heterocycles. The number of aliphatic imine (C=N–C) groups is 2. The van der Waals surface area contributed by atoms with Crippen LogP contribution in [0.4, 0.5) is 0 Å². The summed E-state index contributed by atoms with van der Waals surface area (Å²) in [5.41, 5.74) is 1.26. The number of aliphatic hydroxyl groups is 2. The van der Waals surface area contributed by atoms with Crippen molar-refractivity contribution in [1.82, 2.24) is 0 Å². The van der Waals surface area contributed by atoms with Gasteiger partial charge in [0.05, 0.1) is 17.2 Å². The van der Waals surface area contributed by atoms with Crippen LogP contribution in [0.5, 0.6) is 11.5 Å². The maximum atomic E-state index is 12.5. The van der Waals surface area contributed by atoms with Gasteiger partial charge in [0.15, 0.2) is 0 Å². The van der Waals surface area contributed by atoms with Crippen LogP contribution in [0, 0.1) is 15.3 Å². The molecule has 0 amide bonds. The Morgan fingerprint density at radius 2 is 1.02 bits per heavy atom. The van der Waals surface area contributed by atoms with Crippen LogP contribution in [0.3, 0.4) is 0 Å². The Kier molecular flexibility index (Phi) is 15.7. The van der Waals surface area contributed by atoms with E-state index in [1.54, 1.807) is 24.6 Å². The zero-order valence-corrected chi connectivity index (χ0v) is 23.9. The second kappa shape index (κ2) is 18.4. The summed E-state index contributed by atoms with van der Waals surface area (Å²) in [5.74, 6) is -0.0369. The molecule has 11 heteroatoms. The van der Waals surface area contributed by atoms with Crippen molar-refractivity contribution in [1.29, 1.82) is 0 Å². The van der Waals surface area contributed by atoms with E-state index < -0.39 is 5.09 Å². The van der Waals surface area contributed by atoms with Crippen LogP contribution in [-0.4, -0.2) is 54.0 Å².